The number of hydrogen-bond donors (Lipinski definition) is 2. The molecule has 2 N–H and O–H groups in total. The van der Waals surface area contributed by atoms with Gasteiger partial charge in [-0.25, -0.2) is 0 Å². The van der Waals surface area contributed by atoms with Crippen LogP contribution in [-0.2, 0) is 9.59 Å². The first-order valence-corrected chi connectivity index (χ1v) is 7.31. The van der Waals surface area contributed by atoms with Crippen LogP contribution < -0.4 is 5.32 Å². The highest BCUT2D eigenvalue weighted by Gasteiger charge is 2.25. The molecule has 0 bridgehead atoms. The molecule has 0 aromatic carbocycles. The van der Waals surface area contributed by atoms with Crippen molar-refractivity contribution in [3.8, 4) is 0 Å². The number of rotatable bonds is 6. The van der Waals surface area contributed by atoms with Gasteiger partial charge in [0.2, 0.25) is 5.91 Å². The Labute approximate surface area is 116 Å². The first-order valence-electron chi connectivity index (χ1n) is 7.31. The van der Waals surface area contributed by atoms with Crippen LogP contribution in [0.1, 0.15) is 65.7 Å². The summed E-state index contributed by atoms with van der Waals surface area (Å²) in [7, 11) is 0. The molecule has 0 spiro atoms. The Kier molecular flexibility index (Phi) is 5.83. The highest BCUT2D eigenvalue weighted by atomic mass is 16.4. The van der Waals surface area contributed by atoms with E-state index in [0.717, 1.165) is 18.8 Å². The van der Waals surface area contributed by atoms with E-state index in [1.54, 1.807) is 0 Å². The van der Waals surface area contributed by atoms with Gasteiger partial charge in [0.05, 0.1) is 0 Å². The van der Waals surface area contributed by atoms with E-state index in [0.29, 0.717) is 18.8 Å². The summed E-state index contributed by atoms with van der Waals surface area (Å²) in [6.45, 7) is 6.02. The van der Waals surface area contributed by atoms with E-state index in [1.807, 2.05) is 13.8 Å². The number of carboxylic acids is 1. The lowest BCUT2D eigenvalue weighted by Crippen LogP contribution is -2.44. The second-order valence-electron chi connectivity index (χ2n) is 6.67. The molecule has 0 aromatic rings. The normalized spacial score (nSPS) is 23.9. The smallest absolute Gasteiger partial charge is 0.303 e. The second-order valence-corrected chi connectivity index (χ2v) is 6.67. The standard InChI is InChI=1S/C15H27NO3/c1-11-5-4-6-12(9-11)10-13(17)16-15(2,3)8-7-14(18)19/h11-12H,4-10H2,1-3H3,(H,16,17)(H,18,19). The predicted molar refractivity (Wildman–Crippen MR) is 74.8 cm³/mol. The summed E-state index contributed by atoms with van der Waals surface area (Å²) in [6, 6.07) is 0. The SMILES string of the molecule is CC1CCCC(CC(=O)NC(C)(C)CCC(=O)O)C1. The zero-order valence-corrected chi connectivity index (χ0v) is 12.4. The van der Waals surface area contributed by atoms with Gasteiger partial charge >= 0.3 is 5.97 Å². The molecule has 1 aliphatic rings. The Bertz CT molecular complexity index is 325. The molecule has 0 heterocycles. The number of carbonyl (C=O) groups is 2. The third kappa shape index (κ3) is 6.60. The van der Waals surface area contributed by atoms with E-state index < -0.39 is 11.5 Å². The van der Waals surface area contributed by atoms with Crippen molar-refractivity contribution >= 4 is 11.9 Å². The maximum Gasteiger partial charge on any atom is 0.303 e. The van der Waals surface area contributed by atoms with Gasteiger partial charge in [-0.3, -0.25) is 9.59 Å². The zero-order valence-electron chi connectivity index (χ0n) is 12.4. The lowest BCUT2D eigenvalue weighted by atomic mass is 9.80. The van der Waals surface area contributed by atoms with Gasteiger partial charge in [0.25, 0.3) is 0 Å². The van der Waals surface area contributed by atoms with Crippen LogP contribution >= 0.6 is 0 Å². The van der Waals surface area contributed by atoms with Gasteiger partial charge in [0.1, 0.15) is 0 Å². The summed E-state index contributed by atoms with van der Waals surface area (Å²) in [5, 5.41) is 11.7. The molecule has 1 saturated carbocycles. The molecule has 1 aliphatic carbocycles. The van der Waals surface area contributed by atoms with Gasteiger partial charge in [0, 0.05) is 18.4 Å². The van der Waals surface area contributed by atoms with Crippen LogP contribution in [0.15, 0.2) is 0 Å². The molecule has 0 saturated heterocycles. The fraction of sp³-hybridized carbons (Fsp3) is 0.867. The summed E-state index contributed by atoms with van der Waals surface area (Å²) in [6.07, 6.45) is 5.93. The van der Waals surface area contributed by atoms with Gasteiger partial charge < -0.3 is 10.4 Å². The summed E-state index contributed by atoms with van der Waals surface area (Å²) < 4.78 is 0. The first kappa shape index (κ1) is 16.0. The van der Waals surface area contributed by atoms with E-state index in [2.05, 4.69) is 12.2 Å². The van der Waals surface area contributed by atoms with E-state index in [-0.39, 0.29) is 12.3 Å². The van der Waals surface area contributed by atoms with Crippen molar-refractivity contribution < 1.29 is 14.7 Å². The fourth-order valence-corrected chi connectivity index (χ4v) is 2.92. The van der Waals surface area contributed by atoms with Gasteiger partial charge in [-0.1, -0.05) is 19.8 Å². The highest BCUT2D eigenvalue weighted by Crippen LogP contribution is 2.30. The zero-order chi connectivity index (χ0) is 14.5. The topological polar surface area (TPSA) is 66.4 Å². The molecular formula is C15H27NO3. The van der Waals surface area contributed by atoms with Crippen LogP contribution in [0, 0.1) is 11.8 Å². The molecule has 1 rings (SSSR count). The minimum Gasteiger partial charge on any atom is -0.481 e. The third-order valence-electron chi connectivity index (χ3n) is 3.96. The van der Waals surface area contributed by atoms with Crippen molar-refractivity contribution in [2.24, 2.45) is 11.8 Å². The maximum absolute atomic E-state index is 12.0. The van der Waals surface area contributed by atoms with E-state index in [1.165, 1.54) is 12.8 Å². The quantitative estimate of drug-likeness (QED) is 0.779. The molecule has 1 fully saturated rings. The lowest BCUT2D eigenvalue weighted by molar-refractivity contribution is -0.138. The number of carbonyl (C=O) groups excluding carboxylic acids is 1. The molecule has 4 heteroatoms. The van der Waals surface area contributed by atoms with Gasteiger partial charge in [-0.15, -0.1) is 0 Å². The van der Waals surface area contributed by atoms with Crippen LogP contribution in [0.2, 0.25) is 0 Å². The monoisotopic (exact) mass is 269 g/mol. The molecule has 4 nitrogen and oxygen atoms in total. The molecule has 2 atom stereocenters. The molecular weight excluding hydrogens is 242 g/mol. The largest absolute Gasteiger partial charge is 0.481 e. The Hall–Kier alpha value is -1.06. The maximum atomic E-state index is 12.0. The molecule has 0 aliphatic heterocycles. The van der Waals surface area contributed by atoms with Gasteiger partial charge in [0.15, 0.2) is 0 Å². The van der Waals surface area contributed by atoms with Crippen LogP contribution in [0.4, 0.5) is 0 Å². The lowest BCUT2D eigenvalue weighted by Gasteiger charge is -2.29. The third-order valence-corrected chi connectivity index (χ3v) is 3.96. The number of nitrogens with one attached hydrogen (secondary N) is 1. The second kappa shape index (κ2) is 6.92. The summed E-state index contributed by atoms with van der Waals surface area (Å²) in [5.74, 6) is 0.475. The number of hydrogen-bond acceptors (Lipinski definition) is 2. The van der Waals surface area contributed by atoms with E-state index >= 15 is 0 Å². The summed E-state index contributed by atoms with van der Waals surface area (Å²) in [5.41, 5.74) is -0.435. The van der Waals surface area contributed by atoms with Crippen LogP contribution in [-0.4, -0.2) is 22.5 Å². The highest BCUT2D eigenvalue weighted by molar-refractivity contribution is 5.77. The van der Waals surface area contributed by atoms with Crippen LogP contribution in [0.3, 0.4) is 0 Å². The minimum absolute atomic E-state index is 0.0643. The molecule has 1 amide bonds. The van der Waals surface area contributed by atoms with Crippen molar-refractivity contribution in [2.75, 3.05) is 0 Å². The molecule has 0 aromatic heterocycles. The Balaban J connectivity index is 2.34. The average Bonchev–Trinajstić information content (AvgIpc) is 2.25. The van der Waals surface area contributed by atoms with E-state index in [9.17, 15) is 9.59 Å². The number of amides is 1. The van der Waals surface area contributed by atoms with Gasteiger partial charge in [-0.2, -0.15) is 0 Å². The van der Waals surface area contributed by atoms with Gasteiger partial charge in [-0.05, 0) is 44.9 Å². The summed E-state index contributed by atoms with van der Waals surface area (Å²) in [4.78, 5) is 22.6. The fourth-order valence-electron chi connectivity index (χ4n) is 2.92. The van der Waals surface area contributed by atoms with Crippen molar-refractivity contribution in [2.45, 2.75) is 71.3 Å². The molecule has 19 heavy (non-hydrogen) atoms. The molecule has 0 radical (unpaired) electrons. The Morgan fingerprint density at radius 1 is 1.32 bits per heavy atom. The number of carboxylic acid groups (broad SMARTS) is 1. The van der Waals surface area contributed by atoms with Crippen LogP contribution in [0.25, 0.3) is 0 Å². The summed E-state index contributed by atoms with van der Waals surface area (Å²) >= 11 is 0. The van der Waals surface area contributed by atoms with Crippen molar-refractivity contribution in [3.63, 3.8) is 0 Å². The van der Waals surface area contributed by atoms with Crippen LogP contribution in [0.5, 0.6) is 0 Å². The Morgan fingerprint density at radius 2 is 2.00 bits per heavy atom. The van der Waals surface area contributed by atoms with Crippen molar-refractivity contribution in [1.29, 1.82) is 0 Å². The van der Waals surface area contributed by atoms with Crippen molar-refractivity contribution in [1.82, 2.24) is 5.32 Å². The molecule has 2 unspecified atom stereocenters. The minimum atomic E-state index is -0.816. The number of aliphatic carboxylic acids is 1. The predicted octanol–water partition coefficient (Wildman–Crippen LogP) is 2.96. The van der Waals surface area contributed by atoms with Crippen molar-refractivity contribution in [3.05, 3.63) is 0 Å². The van der Waals surface area contributed by atoms with E-state index in [4.69, 9.17) is 5.11 Å². The Morgan fingerprint density at radius 3 is 2.58 bits per heavy atom. The average molecular weight is 269 g/mol. The first-order chi connectivity index (χ1) is 8.78. The molecule has 110 valence electrons.